The van der Waals surface area contributed by atoms with Gasteiger partial charge in [-0.15, -0.1) is 0 Å². The number of hydrogen-bond acceptors (Lipinski definition) is 2. The molecule has 0 bridgehead atoms. The van der Waals surface area contributed by atoms with E-state index in [1.807, 2.05) is 6.92 Å². The minimum absolute atomic E-state index is 0.0293. The van der Waals surface area contributed by atoms with Crippen molar-refractivity contribution in [3.8, 4) is 0 Å². The maximum absolute atomic E-state index is 14.0. The molecule has 0 atom stereocenters. The highest BCUT2D eigenvalue weighted by Crippen LogP contribution is 2.24. The Bertz CT molecular complexity index is 425. The Kier molecular flexibility index (Phi) is 4.34. The number of rotatable bonds is 4. The number of piperidine rings is 1. The summed E-state index contributed by atoms with van der Waals surface area (Å²) in [5, 5.41) is 0. The lowest BCUT2D eigenvalue weighted by Crippen LogP contribution is -2.30. The molecule has 1 fully saturated rings. The van der Waals surface area contributed by atoms with E-state index in [-0.39, 0.29) is 11.6 Å². The van der Waals surface area contributed by atoms with Gasteiger partial charge in [0.25, 0.3) is 0 Å². The first kappa shape index (κ1) is 13.1. The lowest BCUT2D eigenvalue weighted by atomic mass is 10.0. The summed E-state index contributed by atoms with van der Waals surface area (Å²) in [4.78, 5) is 13.8. The number of hydrogen-bond donors (Lipinski definition) is 0. The smallest absolute Gasteiger partial charge is 0.162 e. The molecule has 0 N–H and O–H groups in total. The Morgan fingerprint density at radius 2 is 2.00 bits per heavy atom. The molecule has 0 unspecified atom stereocenters. The largest absolute Gasteiger partial charge is 0.369 e. The Morgan fingerprint density at radius 1 is 1.28 bits per heavy atom. The van der Waals surface area contributed by atoms with Gasteiger partial charge in [0.05, 0.1) is 5.69 Å². The predicted molar refractivity (Wildman–Crippen MR) is 71.7 cm³/mol. The van der Waals surface area contributed by atoms with Crippen LogP contribution in [0.5, 0.6) is 0 Å². The maximum atomic E-state index is 14.0. The second kappa shape index (κ2) is 5.98. The van der Waals surface area contributed by atoms with Gasteiger partial charge < -0.3 is 4.90 Å². The highest BCUT2D eigenvalue weighted by atomic mass is 19.1. The van der Waals surface area contributed by atoms with Crippen LogP contribution < -0.4 is 4.90 Å². The van der Waals surface area contributed by atoms with Crippen molar-refractivity contribution in [1.29, 1.82) is 0 Å². The Balaban J connectivity index is 2.16. The minimum Gasteiger partial charge on any atom is -0.369 e. The van der Waals surface area contributed by atoms with Crippen LogP contribution in [0.1, 0.15) is 49.4 Å². The standard InChI is InChI=1S/C15H20FNO/c1-2-6-15(18)12-7-8-14(13(16)11-12)17-9-4-3-5-10-17/h7-8,11H,2-6,9-10H2,1H3. The number of halogens is 1. The molecule has 1 aliphatic heterocycles. The molecule has 2 nitrogen and oxygen atoms in total. The van der Waals surface area contributed by atoms with Crippen LogP contribution in [-0.2, 0) is 0 Å². The summed E-state index contributed by atoms with van der Waals surface area (Å²) in [6.45, 7) is 3.79. The molecule has 0 amide bonds. The van der Waals surface area contributed by atoms with Crippen molar-refractivity contribution in [3.05, 3.63) is 29.6 Å². The van der Waals surface area contributed by atoms with Crippen LogP contribution >= 0.6 is 0 Å². The number of anilines is 1. The molecular weight excluding hydrogens is 229 g/mol. The summed E-state index contributed by atoms with van der Waals surface area (Å²) in [7, 11) is 0. The molecule has 0 aromatic heterocycles. The van der Waals surface area contributed by atoms with Crippen LogP contribution in [-0.4, -0.2) is 18.9 Å². The van der Waals surface area contributed by atoms with Gasteiger partial charge in [-0.1, -0.05) is 6.92 Å². The van der Waals surface area contributed by atoms with Crippen molar-refractivity contribution in [2.24, 2.45) is 0 Å². The molecule has 0 radical (unpaired) electrons. The lowest BCUT2D eigenvalue weighted by molar-refractivity contribution is 0.0981. The van der Waals surface area contributed by atoms with Gasteiger partial charge in [-0.3, -0.25) is 4.79 Å². The molecule has 1 saturated heterocycles. The van der Waals surface area contributed by atoms with Crippen molar-refractivity contribution in [2.45, 2.75) is 39.0 Å². The number of nitrogens with zero attached hydrogens (tertiary/aromatic N) is 1. The first-order valence-electron chi connectivity index (χ1n) is 6.80. The van der Waals surface area contributed by atoms with Gasteiger partial charge >= 0.3 is 0 Å². The Hall–Kier alpha value is -1.38. The molecule has 1 heterocycles. The van der Waals surface area contributed by atoms with Gasteiger partial charge in [-0.25, -0.2) is 4.39 Å². The highest BCUT2D eigenvalue weighted by Gasteiger charge is 2.16. The third kappa shape index (κ3) is 2.89. The topological polar surface area (TPSA) is 20.3 Å². The summed E-state index contributed by atoms with van der Waals surface area (Å²) >= 11 is 0. The number of carbonyl (C=O) groups is 1. The second-order valence-corrected chi connectivity index (χ2v) is 4.89. The molecule has 1 aliphatic rings. The van der Waals surface area contributed by atoms with Crippen LogP contribution in [0.3, 0.4) is 0 Å². The van der Waals surface area contributed by atoms with Gasteiger partial charge in [-0.2, -0.15) is 0 Å². The van der Waals surface area contributed by atoms with E-state index in [2.05, 4.69) is 4.90 Å². The minimum atomic E-state index is -0.265. The maximum Gasteiger partial charge on any atom is 0.162 e. The first-order valence-corrected chi connectivity index (χ1v) is 6.80. The van der Waals surface area contributed by atoms with Crippen LogP contribution in [0, 0.1) is 5.82 Å². The van der Waals surface area contributed by atoms with Gasteiger partial charge in [0.2, 0.25) is 0 Å². The number of benzene rings is 1. The van der Waals surface area contributed by atoms with Gasteiger partial charge in [-0.05, 0) is 43.9 Å². The fourth-order valence-electron chi connectivity index (χ4n) is 2.44. The third-order valence-electron chi connectivity index (χ3n) is 3.44. The van der Waals surface area contributed by atoms with Crippen LogP contribution in [0.2, 0.25) is 0 Å². The summed E-state index contributed by atoms with van der Waals surface area (Å²) in [5.74, 6) is -0.236. The van der Waals surface area contributed by atoms with Gasteiger partial charge in [0.15, 0.2) is 5.78 Å². The highest BCUT2D eigenvalue weighted by molar-refractivity contribution is 5.96. The zero-order valence-corrected chi connectivity index (χ0v) is 10.9. The van der Waals surface area contributed by atoms with E-state index in [1.165, 1.54) is 12.5 Å². The molecule has 98 valence electrons. The number of ketones is 1. The van der Waals surface area contributed by atoms with E-state index in [4.69, 9.17) is 0 Å². The lowest BCUT2D eigenvalue weighted by Gasteiger charge is -2.29. The van der Waals surface area contributed by atoms with E-state index in [9.17, 15) is 9.18 Å². The molecule has 2 rings (SSSR count). The summed E-state index contributed by atoms with van der Waals surface area (Å²) in [6.07, 6.45) is 4.76. The molecule has 3 heteroatoms. The van der Waals surface area contributed by atoms with Crippen molar-refractivity contribution in [1.82, 2.24) is 0 Å². The van der Waals surface area contributed by atoms with Crippen molar-refractivity contribution >= 4 is 11.5 Å². The fourth-order valence-corrected chi connectivity index (χ4v) is 2.44. The van der Waals surface area contributed by atoms with Crippen molar-refractivity contribution < 1.29 is 9.18 Å². The normalized spacial score (nSPS) is 15.8. The van der Waals surface area contributed by atoms with E-state index in [0.717, 1.165) is 32.4 Å². The van der Waals surface area contributed by atoms with Crippen molar-refractivity contribution in [3.63, 3.8) is 0 Å². The van der Waals surface area contributed by atoms with E-state index in [1.54, 1.807) is 12.1 Å². The quantitative estimate of drug-likeness (QED) is 0.756. The zero-order chi connectivity index (χ0) is 13.0. The first-order chi connectivity index (χ1) is 8.72. The molecular formula is C15H20FNO. The van der Waals surface area contributed by atoms with Crippen molar-refractivity contribution in [2.75, 3.05) is 18.0 Å². The van der Waals surface area contributed by atoms with Crippen LogP contribution in [0.15, 0.2) is 18.2 Å². The average Bonchev–Trinajstić information content (AvgIpc) is 2.40. The third-order valence-corrected chi connectivity index (χ3v) is 3.44. The Morgan fingerprint density at radius 3 is 2.61 bits per heavy atom. The predicted octanol–water partition coefficient (Wildman–Crippen LogP) is 3.80. The molecule has 0 spiro atoms. The summed E-state index contributed by atoms with van der Waals surface area (Å²) in [5.41, 5.74) is 1.14. The second-order valence-electron chi connectivity index (χ2n) is 4.89. The SMILES string of the molecule is CCCC(=O)c1ccc(N2CCCCC2)c(F)c1. The summed E-state index contributed by atoms with van der Waals surface area (Å²) < 4.78 is 14.0. The number of Topliss-reactive ketones (excluding diaryl/α,β-unsaturated/α-hetero) is 1. The Labute approximate surface area is 108 Å². The number of carbonyl (C=O) groups excluding carboxylic acids is 1. The zero-order valence-electron chi connectivity index (χ0n) is 10.9. The van der Waals surface area contributed by atoms with Crippen LogP contribution in [0.25, 0.3) is 0 Å². The van der Waals surface area contributed by atoms with E-state index in [0.29, 0.717) is 17.7 Å². The monoisotopic (exact) mass is 249 g/mol. The molecule has 1 aromatic rings. The fraction of sp³-hybridized carbons (Fsp3) is 0.533. The van der Waals surface area contributed by atoms with Crippen LogP contribution in [0.4, 0.5) is 10.1 Å². The molecule has 1 aromatic carbocycles. The van der Waals surface area contributed by atoms with Gasteiger partial charge in [0.1, 0.15) is 5.82 Å². The molecule has 18 heavy (non-hydrogen) atoms. The van der Waals surface area contributed by atoms with Gasteiger partial charge in [0, 0.05) is 25.1 Å². The molecule has 0 aliphatic carbocycles. The summed E-state index contributed by atoms with van der Waals surface area (Å²) in [6, 6.07) is 4.90. The van der Waals surface area contributed by atoms with E-state index < -0.39 is 0 Å². The molecule has 0 saturated carbocycles. The van der Waals surface area contributed by atoms with E-state index >= 15 is 0 Å². The average molecular weight is 249 g/mol.